The van der Waals surface area contributed by atoms with E-state index < -0.39 is 12.1 Å². The summed E-state index contributed by atoms with van der Waals surface area (Å²) in [5.74, 6) is 4.93. The smallest absolute Gasteiger partial charge is 0.303 e. The van der Waals surface area contributed by atoms with E-state index in [0.717, 1.165) is 44.9 Å². The zero-order valence-electron chi connectivity index (χ0n) is 12.9. The zero-order valence-corrected chi connectivity index (χ0v) is 12.9. The maximum atomic E-state index is 10.3. The molecule has 0 saturated heterocycles. The predicted molar refractivity (Wildman–Crippen MR) is 86.9 cm³/mol. The number of hydrogen-bond donors (Lipinski definition) is 2. The minimum absolute atomic E-state index is 0.236. The van der Waals surface area contributed by atoms with Gasteiger partial charge >= 0.3 is 5.97 Å². The van der Waals surface area contributed by atoms with Crippen LogP contribution in [0.25, 0.3) is 0 Å². The minimum Gasteiger partial charge on any atom is -0.481 e. The molecule has 21 heavy (non-hydrogen) atoms. The van der Waals surface area contributed by atoms with Crippen molar-refractivity contribution in [2.75, 3.05) is 0 Å². The third kappa shape index (κ3) is 16.4. The SMILES string of the molecule is C=CCCCC/C=C/C#C[C@H](O)CCCCCCC(=O)O. The van der Waals surface area contributed by atoms with Crippen molar-refractivity contribution in [1.29, 1.82) is 0 Å². The number of rotatable bonds is 12. The van der Waals surface area contributed by atoms with Crippen LogP contribution in [-0.4, -0.2) is 22.3 Å². The van der Waals surface area contributed by atoms with E-state index in [1.807, 2.05) is 18.2 Å². The minimum atomic E-state index is -0.739. The van der Waals surface area contributed by atoms with Gasteiger partial charge in [0.1, 0.15) is 6.10 Å². The van der Waals surface area contributed by atoms with Crippen molar-refractivity contribution in [2.24, 2.45) is 0 Å². The highest BCUT2D eigenvalue weighted by atomic mass is 16.4. The number of aliphatic carboxylic acids is 1. The van der Waals surface area contributed by atoms with Crippen molar-refractivity contribution in [3.63, 3.8) is 0 Å². The molecule has 0 spiro atoms. The summed E-state index contributed by atoms with van der Waals surface area (Å²) in [6, 6.07) is 0. The van der Waals surface area contributed by atoms with E-state index in [1.165, 1.54) is 0 Å². The van der Waals surface area contributed by atoms with Gasteiger partial charge in [0.2, 0.25) is 0 Å². The van der Waals surface area contributed by atoms with Crippen LogP contribution < -0.4 is 0 Å². The molecule has 0 rings (SSSR count). The van der Waals surface area contributed by atoms with Crippen molar-refractivity contribution in [1.82, 2.24) is 0 Å². The molecule has 0 unspecified atom stereocenters. The number of carbonyl (C=O) groups is 1. The van der Waals surface area contributed by atoms with Gasteiger partial charge in [0.15, 0.2) is 0 Å². The quantitative estimate of drug-likeness (QED) is 0.324. The number of hydrogen-bond acceptors (Lipinski definition) is 2. The highest BCUT2D eigenvalue weighted by Gasteiger charge is 2.00. The molecule has 2 N–H and O–H groups in total. The molecule has 3 nitrogen and oxygen atoms in total. The van der Waals surface area contributed by atoms with E-state index in [4.69, 9.17) is 5.11 Å². The molecule has 0 saturated carbocycles. The van der Waals surface area contributed by atoms with Crippen LogP contribution in [0.3, 0.4) is 0 Å². The third-order valence-corrected chi connectivity index (χ3v) is 3.10. The lowest BCUT2D eigenvalue weighted by atomic mass is 10.1. The number of aliphatic hydroxyl groups excluding tert-OH is 1. The van der Waals surface area contributed by atoms with Gasteiger partial charge in [-0.05, 0) is 51.0 Å². The first-order valence-electron chi connectivity index (χ1n) is 7.83. The Balaban J connectivity index is 3.50. The molecule has 0 aliphatic heterocycles. The Morgan fingerprint density at radius 3 is 2.52 bits per heavy atom. The lowest BCUT2D eigenvalue weighted by Crippen LogP contribution is -2.02. The van der Waals surface area contributed by atoms with Crippen molar-refractivity contribution < 1.29 is 15.0 Å². The molecule has 0 heterocycles. The van der Waals surface area contributed by atoms with Gasteiger partial charge in [0.05, 0.1) is 0 Å². The highest BCUT2D eigenvalue weighted by molar-refractivity contribution is 5.66. The molecule has 0 radical (unpaired) electrons. The molecule has 0 amide bonds. The Kier molecular flexibility index (Phi) is 13.8. The molecule has 0 aromatic heterocycles. The molecule has 0 fully saturated rings. The summed E-state index contributed by atoms with van der Waals surface area (Å²) in [6.07, 6.45) is 13.9. The Morgan fingerprint density at radius 2 is 1.81 bits per heavy atom. The second kappa shape index (κ2) is 14.9. The fraction of sp³-hybridized carbons (Fsp3) is 0.611. The first kappa shape index (κ1) is 19.5. The molecular weight excluding hydrogens is 264 g/mol. The Bertz CT molecular complexity index is 360. The molecule has 0 aromatic rings. The summed E-state index contributed by atoms with van der Waals surface area (Å²) in [4.78, 5) is 10.3. The number of carboxylic acids is 1. The topological polar surface area (TPSA) is 57.5 Å². The number of carboxylic acid groups (broad SMARTS) is 1. The average Bonchev–Trinajstić information content (AvgIpc) is 2.45. The molecule has 0 aliphatic carbocycles. The van der Waals surface area contributed by atoms with Crippen molar-refractivity contribution in [3.8, 4) is 11.8 Å². The van der Waals surface area contributed by atoms with Gasteiger partial charge < -0.3 is 10.2 Å². The van der Waals surface area contributed by atoms with E-state index in [2.05, 4.69) is 18.4 Å². The normalized spacial score (nSPS) is 11.9. The van der Waals surface area contributed by atoms with Gasteiger partial charge in [-0.3, -0.25) is 4.79 Å². The summed E-state index contributed by atoms with van der Waals surface area (Å²) >= 11 is 0. The first-order valence-corrected chi connectivity index (χ1v) is 7.83. The van der Waals surface area contributed by atoms with Gasteiger partial charge in [0.25, 0.3) is 0 Å². The van der Waals surface area contributed by atoms with E-state index in [0.29, 0.717) is 12.8 Å². The third-order valence-electron chi connectivity index (χ3n) is 3.10. The molecule has 118 valence electrons. The van der Waals surface area contributed by atoms with Crippen LogP contribution in [-0.2, 0) is 4.79 Å². The first-order chi connectivity index (χ1) is 10.2. The summed E-state index contributed by atoms with van der Waals surface area (Å²) < 4.78 is 0. The molecule has 1 atom stereocenters. The van der Waals surface area contributed by atoms with E-state index in [1.54, 1.807) is 0 Å². The van der Waals surface area contributed by atoms with E-state index in [9.17, 15) is 9.90 Å². The van der Waals surface area contributed by atoms with Gasteiger partial charge in [-0.1, -0.05) is 36.8 Å². The van der Waals surface area contributed by atoms with Crippen LogP contribution in [0.2, 0.25) is 0 Å². The van der Waals surface area contributed by atoms with Crippen LogP contribution >= 0.6 is 0 Å². The largest absolute Gasteiger partial charge is 0.481 e. The van der Waals surface area contributed by atoms with Gasteiger partial charge in [-0.15, -0.1) is 6.58 Å². The summed E-state index contributed by atoms with van der Waals surface area (Å²) in [6.45, 7) is 3.68. The lowest BCUT2D eigenvalue weighted by Gasteiger charge is -2.02. The van der Waals surface area contributed by atoms with Crippen LogP contribution in [0, 0.1) is 11.8 Å². The van der Waals surface area contributed by atoms with Crippen LogP contribution in [0.1, 0.15) is 64.2 Å². The molecule has 0 aromatic carbocycles. The lowest BCUT2D eigenvalue weighted by molar-refractivity contribution is -0.137. The second-order valence-electron chi connectivity index (χ2n) is 5.13. The average molecular weight is 292 g/mol. The highest BCUT2D eigenvalue weighted by Crippen LogP contribution is 2.07. The summed E-state index contributed by atoms with van der Waals surface area (Å²) in [7, 11) is 0. The Labute approximate surface area is 128 Å². The fourth-order valence-corrected chi connectivity index (χ4v) is 1.88. The molecular formula is C18H28O3. The Morgan fingerprint density at radius 1 is 1.10 bits per heavy atom. The number of allylic oxidation sites excluding steroid dienone is 3. The summed E-state index contributed by atoms with van der Waals surface area (Å²) in [5.41, 5.74) is 0. The van der Waals surface area contributed by atoms with Crippen LogP contribution in [0.15, 0.2) is 24.8 Å². The van der Waals surface area contributed by atoms with Crippen LogP contribution in [0.5, 0.6) is 0 Å². The van der Waals surface area contributed by atoms with Gasteiger partial charge in [-0.2, -0.15) is 0 Å². The summed E-state index contributed by atoms with van der Waals surface area (Å²) in [5, 5.41) is 18.1. The monoisotopic (exact) mass is 292 g/mol. The number of aliphatic hydroxyl groups is 1. The molecule has 3 heteroatoms. The second-order valence-corrected chi connectivity index (χ2v) is 5.13. The van der Waals surface area contributed by atoms with Gasteiger partial charge in [0, 0.05) is 6.42 Å². The predicted octanol–water partition coefficient (Wildman–Crippen LogP) is 4.08. The van der Waals surface area contributed by atoms with E-state index in [-0.39, 0.29) is 6.42 Å². The number of unbranched alkanes of at least 4 members (excludes halogenated alkanes) is 6. The molecule has 0 aliphatic rings. The fourth-order valence-electron chi connectivity index (χ4n) is 1.88. The van der Waals surface area contributed by atoms with Crippen molar-refractivity contribution in [3.05, 3.63) is 24.8 Å². The van der Waals surface area contributed by atoms with Crippen molar-refractivity contribution in [2.45, 2.75) is 70.3 Å². The van der Waals surface area contributed by atoms with E-state index >= 15 is 0 Å². The van der Waals surface area contributed by atoms with Crippen molar-refractivity contribution >= 4 is 5.97 Å². The molecule has 0 bridgehead atoms. The maximum absolute atomic E-state index is 10.3. The maximum Gasteiger partial charge on any atom is 0.303 e. The standard InChI is InChI=1S/C18H28O3/c1-2-3-4-5-6-7-8-11-14-17(19)15-12-9-10-13-16-18(20)21/h2,7-8,17,19H,1,3-6,9-10,12-13,15-16H2,(H,20,21)/b8-7+/t17-/m0/s1. The van der Waals surface area contributed by atoms with Crippen LogP contribution in [0.4, 0.5) is 0 Å². The Hall–Kier alpha value is -1.53. The van der Waals surface area contributed by atoms with Gasteiger partial charge in [-0.25, -0.2) is 0 Å². The zero-order chi connectivity index (χ0) is 15.8.